The summed E-state index contributed by atoms with van der Waals surface area (Å²) in [6.07, 6.45) is 0.748. The number of piperazine rings is 1. The standard InChI is InChI=1S/C22H20ClN3O2/c1-22-20-16(15-7-3-5-9-18(15)24-20)10-11-26(22)19(27)13-25(21(22)28)12-14-6-2-4-8-17(14)23/h2-9,24H,10-13H2,1H3/t22-/m0/s1. The van der Waals surface area contributed by atoms with Crippen LogP contribution in [0.4, 0.5) is 0 Å². The van der Waals surface area contributed by atoms with Crippen molar-refractivity contribution in [2.45, 2.75) is 25.4 Å². The molecule has 2 amide bonds. The Morgan fingerprint density at radius 2 is 1.86 bits per heavy atom. The maximum atomic E-state index is 13.7. The zero-order chi connectivity index (χ0) is 19.5. The van der Waals surface area contributed by atoms with Crippen molar-refractivity contribution in [2.75, 3.05) is 13.1 Å². The van der Waals surface area contributed by atoms with Crippen molar-refractivity contribution in [1.29, 1.82) is 0 Å². The lowest BCUT2D eigenvalue weighted by Crippen LogP contribution is -2.66. The molecule has 1 atom stereocenters. The van der Waals surface area contributed by atoms with Gasteiger partial charge in [-0.3, -0.25) is 9.59 Å². The van der Waals surface area contributed by atoms with Crippen LogP contribution in [0.2, 0.25) is 5.02 Å². The van der Waals surface area contributed by atoms with Gasteiger partial charge in [0.1, 0.15) is 6.54 Å². The Morgan fingerprint density at radius 1 is 1.11 bits per heavy atom. The van der Waals surface area contributed by atoms with E-state index in [1.165, 1.54) is 0 Å². The number of carbonyl (C=O) groups is 2. The molecule has 1 saturated heterocycles. The van der Waals surface area contributed by atoms with E-state index in [9.17, 15) is 9.59 Å². The highest BCUT2D eigenvalue weighted by Gasteiger charge is 2.54. The molecule has 3 aromatic rings. The lowest BCUT2D eigenvalue weighted by molar-refractivity contribution is -0.166. The Bertz CT molecular complexity index is 1120. The minimum atomic E-state index is -1.02. The quantitative estimate of drug-likeness (QED) is 0.724. The van der Waals surface area contributed by atoms with Gasteiger partial charge in [-0.25, -0.2) is 0 Å². The minimum Gasteiger partial charge on any atom is -0.356 e. The first-order valence-corrected chi connectivity index (χ1v) is 9.81. The van der Waals surface area contributed by atoms with Crippen LogP contribution in [0.1, 0.15) is 23.7 Å². The first-order valence-electron chi connectivity index (χ1n) is 9.43. The topological polar surface area (TPSA) is 56.4 Å². The number of aromatic amines is 1. The molecular weight excluding hydrogens is 374 g/mol. The largest absolute Gasteiger partial charge is 0.356 e. The van der Waals surface area contributed by atoms with E-state index in [0.717, 1.165) is 34.1 Å². The molecule has 1 fully saturated rings. The fourth-order valence-corrected chi connectivity index (χ4v) is 4.84. The number of benzene rings is 2. The van der Waals surface area contributed by atoms with E-state index in [2.05, 4.69) is 11.1 Å². The predicted octanol–water partition coefficient (Wildman–Crippen LogP) is 3.46. The lowest BCUT2D eigenvalue weighted by atomic mass is 9.83. The summed E-state index contributed by atoms with van der Waals surface area (Å²) in [7, 11) is 0. The molecular formula is C22H20ClN3O2. The number of H-pyrrole nitrogens is 1. The Hall–Kier alpha value is -2.79. The lowest BCUT2D eigenvalue weighted by Gasteiger charge is -2.49. The second-order valence-electron chi connectivity index (χ2n) is 7.64. The third-order valence-corrected chi connectivity index (χ3v) is 6.44. The molecule has 5 rings (SSSR count). The predicted molar refractivity (Wildman–Crippen MR) is 108 cm³/mol. The number of amides is 2. The summed E-state index contributed by atoms with van der Waals surface area (Å²) in [6, 6.07) is 15.5. The molecule has 142 valence electrons. The summed E-state index contributed by atoms with van der Waals surface area (Å²) in [5.41, 5.74) is 2.79. The van der Waals surface area contributed by atoms with Crippen molar-refractivity contribution in [3.63, 3.8) is 0 Å². The Labute approximate surface area is 167 Å². The molecule has 0 bridgehead atoms. The van der Waals surface area contributed by atoms with E-state index >= 15 is 0 Å². The number of fused-ring (bicyclic) bond motifs is 5. The molecule has 0 radical (unpaired) electrons. The highest BCUT2D eigenvalue weighted by molar-refractivity contribution is 6.31. The van der Waals surface area contributed by atoms with Crippen molar-refractivity contribution in [3.05, 3.63) is 70.4 Å². The summed E-state index contributed by atoms with van der Waals surface area (Å²) in [6.45, 7) is 2.81. The van der Waals surface area contributed by atoms with Gasteiger partial charge in [0.05, 0.1) is 5.69 Å². The van der Waals surface area contributed by atoms with Crippen LogP contribution in [-0.4, -0.2) is 39.7 Å². The first kappa shape index (κ1) is 17.3. The van der Waals surface area contributed by atoms with Crippen molar-refractivity contribution < 1.29 is 9.59 Å². The first-order chi connectivity index (χ1) is 13.5. The molecule has 3 heterocycles. The number of nitrogens with one attached hydrogen (secondary N) is 1. The number of hydrogen-bond acceptors (Lipinski definition) is 2. The van der Waals surface area contributed by atoms with E-state index in [0.29, 0.717) is 18.1 Å². The molecule has 5 nitrogen and oxygen atoms in total. The fraction of sp³-hybridized carbons (Fsp3) is 0.273. The number of nitrogens with zero attached hydrogens (tertiary/aromatic N) is 2. The maximum Gasteiger partial charge on any atom is 0.255 e. The second-order valence-corrected chi connectivity index (χ2v) is 8.05. The van der Waals surface area contributed by atoms with Crippen LogP contribution in [-0.2, 0) is 28.1 Å². The van der Waals surface area contributed by atoms with E-state index in [1.54, 1.807) is 15.9 Å². The zero-order valence-corrected chi connectivity index (χ0v) is 16.3. The number of hydrogen-bond donors (Lipinski definition) is 1. The van der Waals surface area contributed by atoms with Gasteiger partial charge in [-0.1, -0.05) is 48.0 Å². The highest BCUT2D eigenvalue weighted by atomic mass is 35.5. The van der Waals surface area contributed by atoms with Crippen LogP contribution < -0.4 is 0 Å². The highest BCUT2D eigenvalue weighted by Crippen LogP contribution is 2.42. The molecule has 6 heteroatoms. The monoisotopic (exact) mass is 393 g/mol. The summed E-state index contributed by atoms with van der Waals surface area (Å²) in [5, 5.41) is 1.73. The molecule has 0 unspecified atom stereocenters. The van der Waals surface area contributed by atoms with Crippen molar-refractivity contribution in [2.24, 2.45) is 0 Å². The summed E-state index contributed by atoms with van der Waals surface area (Å²) < 4.78 is 0. The van der Waals surface area contributed by atoms with Crippen LogP contribution in [0.15, 0.2) is 48.5 Å². The Balaban J connectivity index is 1.60. The van der Waals surface area contributed by atoms with Gasteiger partial charge in [0.2, 0.25) is 5.91 Å². The van der Waals surface area contributed by atoms with Gasteiger partial charge < -0.3 is 14.8 Å². The van der Waals surface area contributed by atoms with Crippen LogP contribution >= 0.6 is 11.6 Å². The molecule has 1 aromatic heterocycles. The van der Waals surface area contributed by atoms with Crippen LogP contribution in [0, 0.1) is 0 Å². The van der Waals surface area contributed by atoms with Crippen molar-refractivity contribution in [1.82, 2.24) is 14.8 Å². The van der Waals surface area contributed by atoms with Gasteiger partial charge in [-0.15, -0.1) is 0 Å². The van der Waals surface area contributed by atoms with Crippen LogP contribution in [0.5, 0.6) is 0 Å². The molecule has 0 spiro atoms. The average molecular weight is 394 g/mol. The maximum absolute atomic E-state index is 13.7. The van der Waals surface area contributed by atoms with Gasteiger partial charge in [0, 0.05) is 29.0 Å². The molecule has 1 N–H and O–H groups in total. The molecule has 2 aliphatic heterocycles. The summed E-state index contributed by atoms with van der Waals surface area (Å²) in [5.74, 6) is -0.0991. The van der Waals surface area contributed by atoms with Gasteiger partial charge in [0.25, 0.3) is 5.91 Å². The smallest absolute Gasteiger partial charge is 0.255 e. The number of halogens is 1. The normalized spacial score (nSPS) is 21.8. The Morgan fingerprint density at radius 3 is 2.68 bits per heavy atom. The number of carbonyl (C=O) groups excluding carboxylic acids is 2. The van der Waals surface area contributed by atoms with Crippen molar-refractivity contribution in [3.8, 4) is 0 Å². The Kier molecular flexibility index (Phi) is 3.78. The van der Waals surface area contributed by atoms with Gasteiger partial charge in [0.15, 0.2) is 5.54 Å². The SMILES string of the molecule is C[C@]12C(=O)N(Cc3ccccc3Cl)CC(=O)N1CCc1c2[nH]c2ccccc12. The third kappa shape index (κ3) is 2.32. The van der Waals surface area contributed by atoms with E-state index in [4.69, 9.17) is 11.6 Å². The van der Waals surface area contributed by atoms with Crippen LogP contribution in [0.25, 0.3) is 10.9 Å². The molecule has 2 aromatic carbocycles. The van der Waals surface area contributed by atoms with Gasteiger partial charge >= 0.3 is 0 Å². The van der Waals surface area contributed by atoms with E-state index in [1.807, 2.05) is 43.3 Å². The third-order valence-electron chi connectivity index (χ3n) is 6.08. The number of para-hydroxylation sites is 1. The van der Waals surface area contributed by atoms with E-state index < -0.39 is 5.54 Å². The molecule has 0 aliphatic carbocycles. The average Bonchev–Trinajstić information content (AvgIpc) is 3.08. The zero-order valence-electron chi connectivity index (χ0n) is 15.5. The number of rotatable bonds is 2. The van der Waals surface area contributed by atoms with Gasteiger partial charge in [-0.05, 0) is 36.6 Å². The van der Waals surface area contributed by atoms with Crippen molar-refractivity contribution >= 4 is 34.3 Å². The minimum absolute atomic E-state index is 0.0292. The molecule has 28 heavy (non-hydrogen) atoms. The fourth-order valence-electron chi connectivity index (χ4n) is 4.64. The summed E-state index contributed by atoms with van der Waals surface area (Å²) >= 11 is 6.29. The summed E-state index contributed by atoms with van der Waals surface area (Å²) in [4.78, 5) is 33.4. The van der Waals surface area contributed by atoms with Gasteiger partial charge in [-0.2, -0.15) is 0 Å². The second kappa shape index (κ2) is 6.11. The molecule has 2 aliphatic rings. The molecule has 0 saturated carbocycles. The number of aromatic nitrogens is 1. The van der Waals surface area contributed by atoms with E-state index in [-0.39, 0.29) is 18.4 Å². The van der Waals surface area contributed by atoms with Crippen LogP contribution in [0.3, 0.4) is 0 Å².